The SMILES string of the molecule is COc1ccc(S(=O)(=O)Nc2ncn(Cc3ccccc3C)n2)cc1. The van der Waals surface area contributed by atoms with Crippen molar-refractivity contribution in [2.75, 3.05) is 11.8 Å². The summed E-state index contributed by atoms with van der Waals surface area (Å²) in [5, 5.41) is 4.18. The average molecular weight is 358 g/mol. The first-order valence-corrected chi connectivity index (χ1v) is 9.07. The van der Waals surface area contributed by atoms with E-state index in [1.807, 2.05) is 31.2 Å². The number of hydrogen-bond donors (Lipinski definition) is 1. The molecule has 2 aromatic carbocycles. The van der Waals surface area contributed by atoms with Gasteiger partial charge in [-0.05, 0) is 42.3 Å². The molecule has 0 radical (unpaired) electrons. The van der Waals surface area contributed by atoms with Crippen molar-refractivity contribution >= 4 is 16.0 Å². The average Bonchev–Trinajstić information content (AvgIpc) is 3.03. The summed E-state index contributed by atoms with van der Waals surface area (Å²) >= 11 is 0. The summed E-state index contributed by atoms with van der Waals surface area (Å²) in [6.45, 7) is 2.53. The molecular weight excluding hydrogens is 340 g/mol. The Kier molecular flexibility index (Phi) is 4.71. The second-order valence-electron chi connectivity index (χ2n) is 5.47. The molecule has 0 saturated carbocycles. The van der Waals surface area contributed by atoms with E-state index < -0.39 is 10.0 Å². The van der Waals surface area contributed by atoms with Gasteiger partial charge in [-0.2, -0.15) is 4.98 Å². The van der Waals surface area contributed by atoms with E-state index in [2.05, 4.69) is 14.8 Å². The highest BCUT2D eigenvalue weighted by Crippen LogP contribution is 2.17. The molecule has 0 aliphatic heterocycles. The lowest BCUT2D eigenvalue weighted by atomic mass is 10.1. The first-order chi connectivity index (χ1) is 12.0. The second kappa shape index (κ2) is 6.94. The number of benzene rings is 2. The Balaban J connectivity index is 1.75. The molecule has 7 nitrogen and oxygen atoms in total. The summed E-state index contributed by atoms with van der Waals surface area (Å²) in [5.74, 6) is 0.615. The molecule has 1 aromatic heterocycles. The first-order valence-electron chi connectivity index (χ1n) is 7.59. The highest BCUT2D eigenvalue weighted by molar-refractivity contribution is 7.92. The van der Waals surface area contributed by atoms with E-state index in [1.54, 1.807) is 16.8 Å². The molecule has 3 rings (SSSR count). The van der Waals surface area contributed by atoms with Crippen LogP contribution in [0.15, 0.2) is 59.8 Å². The van der Waals surface area contributed by atoms with Gasteiger partial charge >= 0.3 is 0 Å². The molecular formula is C17H18N4O3S. The quantitative estimate of drug-likeness (QED) is 0.731. The Bertz CT molecular complexity index is 966. The summed E-state index contributed by atoms with van der Waals surface area (Å²) in [7, 11) is -2.23. The predicted octanol–water partition coefficient (Wildman–Crippen LogP) is 2.44. The van der Waals surface area contributed by atoms with Crippen molar-refractivity contribution in [2.24, 2.45) is 0 Å². The molecule has 130 valence electrons. The van der Waals surface area contributed by atoms with Crippen LogP contribution in [0, 0.1) is 6.92 Å². The fourth-order valence-electron chi connectivity index (χ4n) is 2.31. The van der Waals surface area contributed by atoms with E-state index in [1.165, 1.54) is 25.6 Å². The van der Waals surface area contributed by atoms with Crippen LogP contribution in [-0.2, 0) is 16.6 Å². The van der Waals surface area contributed by atoms with E-state index in [9.17, 15) is 8.42 Å². The molecule has 8 heteroatoms. The second-order valence-corrected chi connectivity index (χ2v) is 7.16. The van der Waals surface area contributed by atoms with Crippen molar-refractivity contribution in [3.63, 3.8) is 0 Å². The Hall–Kier alpha value is -2.87. The standard InChI is InChI=1S/C17H18N4O3S/c1-13-5-3-4-6-14(13)11-21-12-18-17(19-21)20-25(22,23)16-9-7-15(24-2)8-10-16/h3-10,12H,11H2,1-2H3,(H,19,20). The Morgan fingerprint density at radius 3 is 2.52 bits per heavy atom. The van der Waals surface area contributed by atoms with Crippen LogP contribution in [0.1, 0.15) is 11.1 Å². The molecule has 0 spiro atoms. The molecule has 3 aromatic rings. The fourth-order valence-corrected chi connectivity index (χ4v) is 3.26. The fraction of sp³-hybridized carbons (Fsp3) is 0.176. The molecule has 25 heavy (non-hydrogen) atoms. The maximum absolute atomic E-state index is 12.4. The molecule has 0 aliphatic rings. The van der Waals surface area contributed by atoms with Gasteiger partial charge in [0.05, 0.1) is 18.6 Å². The maximum atomic E-state index is 12.4. The lowest BCUT2D eigenvalue weighted by molar-refractivity contribution is 0.414. The number of nitrogens with one attached hydrogen (secondary N) is 1. The monoisotopic (exact) mass is 358 g/mol. The van der Waals surface area contributed by atoms with E-state index in [-0.39, 0.29) is 10.8 Å². The van der Waals surface area contributed by atoms with Gasteiger partial charge in [-0.15, -0.1) is 5.10 Å². The largest absolute Gasteiger partial charge is 0.497 e. The van der Waals surface area contributed by atoms with Crippen LogP contribution in [0.5, 0.6) is 5.75 Å². The topological polar surface area (TPSA) is 86.1 Å². The number of sulfonamides is 1. The molecule has 0 bridgehead atoms. The lowest BCUT2D eigenvalue weighted by Crippen LogP contribution is -2.14. The van der Waals surface area contributed by atoms with Crippen molar-refractivity contribution in [3.8, 4) is 5.75 Å². The van der Waals surface area contributed by atoms with Crippen molar-refractivity contribution in [1.82, 2.24) is 14.8 Å². The van der Waals surface area contributed by atoms with Gasteiger partial charge in [0.15, 0.2) is 0 Å². The molecule has 1 heterocycles. The smallest absolute Gasteiger partial charge is 0.264 e. The summed E-state index contributed by atoms with van der Waals surface area (Å²) in [5.41, 5.74) is 2.23. The minimum Gasteiger partial charge on any atom is -0.497 e. The van der Waals surface area contributed by atoms with Crippen molar-refractivity contribution < 1.29 is 13.2 Å². The van der Waals surface area contributed by atoms with Crippen LogP contribution >= 0.6 is 0 Å². The van der Waals surface area contributed by atoms with Crippen LogP contribution in [0.25, 0.3) is 0 Å². The van der Waals surface area contributed by atoms with Crippen LogP contribution in [-0.4, -0.2) is 30.3 Å². The Morgan fingerprint density at radius 1 is 1.12 bits per heavy atom. The van der Waals surface area contributed by atoms with E-state index >= 15 is 0 Å². The number of aryl methyl sites for hydroxylation is 1. The van der Waals surface area contributed by atoms with Gasteiger partial charge in [0.1, 0.15) is 12.1 Å². The predicted molar refractivity (Wildman–Crippen MR) is 94.1 cm³/mol. The molecule has 0 amide bonds. The molecule has 0 unspecified atom stereocenters. The summed E-state index contributed by atoms with van der Waals surface area (Å²) in [4.78, 5) is 4.14. The number of nitrogens with zero attached hydrogens (tertiary/aromatic N) is 3. The Morgan fingerprint density at radius 2 is 1.84 bits per heavy atom. The number of methoxy groups -OCH3 is 1. The number of ether oxygens (including phenoxy) is 1. The third-order valence-corrected chi connectivity index (χ3v) is 5.07. The van der Waals surface area contributed by atoms with E-state index in [0.29, 0.717) is 12.3 Å². The summed E-state index contributed by atoms with van der Waals surface area (Å²) < 4.78 is 33.8. The maximum Gasteiger partial charge on any atom is 0.264 e. The van der Waals surface area contributed by atoms with Crippen molar-refractivity contribution in [1.29, 1.82) is 0 Å². The zero-order valence-corrected chi connectivity index (χ0v) is 14.7. The number of hydrogen-bond acceptors (Lipinski definition) is 5. The van der Waals surface area contributed by atoms with Gasteiger partial charge in [-0.3, -0.25) is 0 Å². The minimum absolute atomic E-state index is 0.0319. The molecule has 0 atom stereocenters. The van der Waals surface area contributed by atoms with Gasteiger partial charge in [0, 0.05) is 0 Å². The molecule has 0 saturated heterocycles. The zero-order chi connectivity index (χ0) is 17.9. The molecule has 0 aliphatic carbocycles. The molecule has 0 fully saturated rings. The van der Waals surface area contributed by atoms with Crippen LogP contribution in [0.2, 0.25) is 0 Å². The normalized spacial score (nSPS) is 11.3. The first kappa shape index (κ1) is 17.0. The minimum atomic E-state index is -3.75. The van der Waals surface area contributed by atoms with Crippen molar-refractivity contribution in [2.45, 2.75) is 18.4 Å². The van der Waals surface area contributed by atoms with Crippen LogP contribution < -0.4 is 9.46 Å². The van der Waals surface area contributed by atoms with E-state index in [4.69, 9.17) is 4.74 Å². The van der Waals surface area contributed by atoms with Gasteiger partial charge < -0.3 is 4.74 Å². The number of anilines is 1. The highest BCUT2D eigenvalue weighted by atomic mass is 32.2. The summed E-state index contributed by atoms with van der Waals surface area (Å²) in [6.07, 6.45) is 1.50. The number of rotatable bonds is 6. The van der Waals surface area contributed by atoms with Crippen molar-refractivity contribution in [3.05, 3.63) is 66.0 Å². The van der Waals surface area contributed by atoms with Crippen LogP contribution in [0.3, 0.4) is 0 Å². The van der Waals surface area contributed by atoms with Gasteiger partial charge in [-0.25, -0.2) is 17.8 Å². The van der Waals surface area contributed by atoms with Crippen LogP contribution in [0.4, 0.5) is 5.95 Å². The lowest BCUT2D eigenvalue weighted by Gasteiger charge is -2.06. The third kappa shape index (κ3) is 3.97. The number of aromatic nitrogens is 3. The van der Waals surface area contributed by atoms with Gasteiger partial charge in [0.25, 0.3) is 16.0 Å². The molecule has 1 N–H and O–H groups in total. The zero-order valence-electron chi connectivity index (χ0n) is 13.9. The summed E-state index contributed by atoms with van der Waals surface area (Å²) in [6, 6.07) is 14.0. The third-order valence-electron chi connectivity index (χ3n) is 3.73. The van der Waals surface area contributed by atoms with Gasteiger partial charge in [0.2, 0.25) is 0 Å². The Labute approximate surface area is 146 Å². The highest BCUT2D eigenvalue weighted by Gasteiger charge is 2.16. The van der Waals surface area contributed by atoms with E-state index in [0.717, 1.165) is 11.1 Å². The van der Waals surface area contributed by atoms with Gasteiger partial charge in [-0.1, -0.05) is 24.3 Å².